The van der Waals surface area contributed by atoms with E-state index in [4.69, 9.17) is 18.6 Å². The summed E-state index contributed by atoms with van der Waals surface area (Å²) in [5.74, 6) is 2.82. The van der Waals surface area contributed by atoms with Crippen molar-refractivity contribution in [1.82, 2.24) is 10.2 Å². The quantitative estimate of drug-likeness (QED) is 0.876. The zero-order valence-electron chi connectivity index (χ0n) is 14.4. The van der Waals surface area contributed by atoms with Gasteiger partial charge in [0.15, 0.2) is 11.5 Å². The molecule has 3 rings (SSSR count). The van der Waals surface area contributed by atoms with Crippen LogP contribution in [0.4, 0.5) is 0 Å². The molecule has 0 spiro atoms. The third-order valence-corrected chi connectivity index (χ3v) is 4.36. The molecule has 0 saturated carbocycles. The zero-order valence-corrected chi connectivity index (χ0v) is 14.4. The first-order valence-electron chi connectivity index (χ1n) is 8.07. The van der Waals surface area contributed by atoms with Gasteiger partial charge in [-0.05, 0) is 24.3 Å². The van der Waals surface area contributed by atoms with Crippen LogP contribution in [0, 0.1) is 0 Å². The molecule has 1 aromatic carbocycles. The van der Waals surface area contributed by atoms with E-state index in [9.17, 15) is 0 Å². The van der Waals surface area contributed by atoms with Gasteiger partial charge in [-0.2, -0.15) is 0 Å². The van der Waals surface area contributed by atoms with Gasteiger partial charge in [0.05, 0.1) is 33.6 Å². The standard InChI is InChI=1S/C18H24N2O4/c1-21-15-7-6-13(17(22-2)18(15)23-3)16(14-5-4-12-24-14)20-10-8-19-9-11-20/h4-7,12,16,19H,8-11H2,1-3H3. The topological polar surface area (TPSA) is 56.1 Å². The number of benzene rings is 1. The SMILES string of the molecule is COc1ccc(C(c2ccco2)N2CCNCC2)c(OC)c1OC. The maximum Gasteiger partial charge on any atom is 0.203 e. The van der Waals surface area contributed by atoms with Crippen LogP contribution in [-0.4, -0.2) is 52.4 Å². The lowest BCUT2D eigenvalue weighted by Gasteiger charge is -2.35. The predicted octanol–water partition coefficient (Wildman–Crippen LogP) is 2.30. The van der Waals surface area contributed by atoms with Crippen LogP contribution in [0.15, 0.2) is 34.9 Å². The van der Waals surface area contributed by atoms with Gasteiger partial charge < -0.3 is 23.9 Å². The van der Waals surface area contributed by atoms with Crippen molar-refractivity contribution in [3.63, 3.8) is 0 Å². The second-order valence-corrected chi connectivity index (χ2v) is 5.63. The molecule has 6 heteroatoms. The summed E-state index contributed by atoms with van der Waals surface area (Å²) in [6.45, 7) is 3.77. The molecule has 1 N–H and O–H groups in total. The molecule has 1 aliphatic heterocycles. The second kappa shape index (κ2) is 7.59. The van der Waals surface area contributed by atoms with Crippen LogP contribution in [0.1, 0.15) is 17.4 Å². The Bertz CT molecular complexity index is 651. The Morgan fingerprint density at radius 2 is 1.75 bits per heavy atom. The van der Waals surface area contributed by atoms with E-state index < -0.39 is 0 Å². The molecule has 1 saturated heterocycles. The molecule has 24 heavy (non-hydrogen) atoms. The Kier molecular flexibility index (Phi) is 5.27. The van der Waals surface area contributed by atoms with Gasteiger partial charge >= 0.3 is 0 Å². The lowest BCUT2D eigenvalue weighted by Crippen LogP contribution is -2.45. The summed E-state index contributed by atoms with van der Waals surface area (Å²) >= 11 is 0. The highest BCUT2D eigenvalue weighted by Gasteiger charge is 2.30. The Balaban J connectivity index is 2.10. The van der Waals surface area contributed by atoms with Crippen molar-refractivity contribution in [2.24, 2.45) is 0 Å². The Morgan fingerprint density at radius 1 is 1.00 bits per heavy atom. The van der Waals surface area contributed by atoms with E-state index in [0.717, 1.165) is 37.5 Å². The van der Waals surface area contributed by atoms with E-state index in [-0.39, 0.29) is 6.04 Å². The summed E-state index contributed by atoms with van der Waals surface area (Å²) in [4.78, 5) is 2.39. The minimum absolute atomic E-state index is 0.0307. The molecule has 1 aromatic heterocycles. The molecule has 1 atom stereocenters. The van der Waals surface area contributed by atoms with Gasteiger partial charge in [0.1, 0.15) is 5.76 Å². The van der Waals surface area contributed by atoms with Crippen LogP contribution < -0.4 is 19.5 Å². The molecule has 1 unspecified atom stereocenters. The summed E-state index contributed by atoms with van der Waals surface area (Å²) in [5, 5.41) is 3.39. The highest BCUT2D eigenvalue weighted by Crippen LogP contribution is 2.45. The second-order valence-electron chi connectivity index (χ2n) is 5.63. The molecule has 0 radical (unpaired) electrons. The highest BCUT2D eigenvalue weighted by molar-refractivity contribution is 5.57. The first-order valence-corrected chi connectivity index (χ1v) is 8.07. The van der Waals surface area contributed by atoms with Crippen LogP contribution in [0.2, 0.25) is 0 Å². The number of nitrogens with one attached hydrogen (secondary N) is 1. The minimum Gasteiger partial charge on any atom is -0.493 e. The number of methoxy groups -OCH3 is 3. The Hall–Kier alpha value is -2.18. The van der Waals surface area contributed by atoms with E-state index in [0.29, 0.717) is 17.2 Å². The fourth-order valence-electron chi connectivity index (χ4n) is 3.26. The Labute approximate surface area is 142 Å². The number of piperazine rings is 1. The van der Waals surface area contributed by atoms with Gasteiger partial charge in [0, 0.05) is 31.7 Å². The average molecular weight is 332 g/mol. The molecule has 2 heterocycles. The number of hydrogen-bond acceptors (Lipinski definition) is 6. The largest absolute Gasteiger partial charge is 0.493 e. The van der Waals surface area contributed by atoms with Crippen LogP contribution in [0.3, 0.4) is 0 Å². The fourth-order valence-corrected chi connectivity index (χ4v) is 3.26. The van der Waals surface area contributed by atoms with Gasteiger partial charge in [-0.3, -0.25) is 4.90 Å². The van der Waals surface area contributed by atoms with Crippen molar-refractivity contribution in [2.75, 3.05) is 47.5 Å². The number of nitrogens with zero attached hydrogens (tertiary/aromatic N) is 1. The summed E-state index contributed by atoms with van der Waals surface area (Å²) < 4.78 is 22.4. The third kappa shape index (κ3) is 3.07. The first kappa shape index (κ1) is 16.7. The molecule has 0 amide bonds. The van der Waals surface area contributed by atoms with Gasteiger partial charge in [-0.1, -0.05) is 0 Å². The molecule has 0 aliphatic carbocycles. The molecule has 6 nitrogen and oxygen atoms in total. The summed E-state index contributed by atoms with van der Waals surface area (Å²) in [5.41, 5.74) is 1.01. The van der Waals surface area contributed by atoms with Crippen molar-refractivity contribution in [2.45, 2.75) is 6.04 Å². The summed E-state index contributed by atoms with van der Waals surface area (Å²) in [6, 6.07) is 7.82. The molecular formula is C18H24N2O4. The molecular weight excluding hydrogens is 308 g/mol. The number of rotatable bonds is 6. The van der Waals surface area contributed by atoms with Gasteiger partial charge in [0.25, 0.3) is 0 Å². The van der Waals surface area contributed by atoms with E-state index in [1.165, 1.54) is 0 Å². The molecule has 0 bridgehead atoms. The molecule has 1 fully saturated rings. The molecule has 1 aliphatic rings. The number of ether oxygens (including phenoxy) is 3. The average Bonchev–Trinajstić information content (AvgIpc) is 3.16. The summed E-state index contributed by atoms with van der Waals surface area (Å²) in [6.07, 6.45) is 1.71. The monoisotopic (exact) mass is 332 g/mol. The lowest BCUT2D eigenvalue weighted by molar-refractivity contribution is 0.176. The van der Waals surface area contributed by atoms with Gasteiger partial charge in [-0.25, -0.2) is 0 Å². The van der Waals surface area contributed by atoms with Gasteiger partial charge in [-0.15, -0.1) is 0 Å². The Morgan fingerprint density at radius 3 is 2.33 bits per heavy atom. The third-order valence-electron chi connectivity index (χ3n) is 4.36. The smallest absolute Gasteiger partial charge is 0.203 e. The van der Waals surface area contributed by atoms with Crippen molar-refractivity contribution >= 4 is 0 Å². The fraction of sp³-hybridized carbons (Fsp3) is 0.444. The van der Waals surface area contributed by atoms with E-state index >= 15 is 0 Å². The maximum atomic E-state index is 5.74. The molecule has 130 valence electrons. The van der Waals surface area contributed by atoms with Crippen molar-refractivity contribution in [1.29, 1.82) is 0 Å². The van der Waals surface area contributed by atoms with Crippen LogP contribution >= 0.6 is 0 Å². The zero-order chi connectivity index (χ0) is 16.9. The van der Waals surface area contributed by atoms with E-state index in [1.807, 2.05) is 24.3 Å². The van der Waals surface area contributed by atoms with Crippen LogP contribution in [0.25, 0.3) is 0 Å². The first-order chi connectivity index (χ1) is 11.8. The number of furan rings is 1. The lowest BCUT2D eigenvalue weighted by atomic mass is 9.99. The van der Waals surface area contributed by atoms with Crippen molar-refractivity contribution in [3.05, 3.63) is 41.9 Å². The normalized spacial score (nSPS) is 16.6. The van der Waals surface area contributed by atoms with Gasteiger partial charge in [0.2, 0.25) is 5.75 Å². The van der Waals surface area contributed by atoms with E-state index in [1.54, 1.807) is 27.6 Å². The highest BCUT2D eigenvalue weighted by atomic mass is 16.5. The maximum absolute atomic E-state index is 5.74. The number of hydrogen-bond donors (Lipinski definition) is 1. The van der Waals surface area contributed by atoms with Crippen LogP contribution in [0.5, 0.6) is 17.2 Å². The van der Waals surface area contributed by atoms with E-state index in [2.05, 4.69) is 10.2 Å². The van der Waals surface area contributed by atoms with Crippen LogP contribution in [-0.2, 0) is 0 Å². The predicted molar refractivity (Wildman–Crippen MR) is 91.1 cm³/mol. The van der Waals surface area contributed by atoms with Crippen molar-refractivity contribution in [3.8, 4) is 17.2 Å². The van der Waals surface area contributed by atoms with Crippen molar-refractivity contribution < 1.29 is 18.6 Å². The summed E-state index contributed by atoms with van der Waals surface area (Å²) in [7, 11) is 4.89. The minimum atomic E-state index is -0.0307. The molecule has 2 aromatic rings.